The molecule has 3 atom stereocenters. The average molecular weight is 242 g/mol. The number of nitrogens with one attached hydrogen (secondary N) is 1. The zero-order chi connectivity index (χ0) is 12.6. The Bertz CT molecular complexity index is 370. The van der Waals surface area contributed by atoms with Crippen LogP contribution in [0.4, 0.5) is 0 Å². The van der Waals surface area contributed by atoms with Gasteiger partial charge >= 0.3 is 5.97 Å². The number of nitrogens with zero attached hydrogens (tertiary/aromatic N) is 1. The van der Waals surface area contributed by atoms with E-state index in [0.717, 1.165) is 4.90 Å². The van der Waals surface area contributed by atoms with Crippen LogP contribution in [0.2, 0.25) is 0 Å². The van der Waals surface area contributed by atoms with Gasteiger partial charge in [-0.3, -0.25) is 9.59 Å². The van der Waals surface area contributed by atoms with E-state index in [2.05, 4.69) is 5.32 Å². The van der Waals surface area contributed by atoms with Crippen molar-refractivity contribution in [2.24, 2.45) is 0 Å². The van der Waals surface area contributed by atoms with Crippen molar-refractivity contribution in [1.82, 2.24) is 10.2 Å². The molecular formula is C10H14N2O5. The Morgan fingerprint density at radius 3 is 2.65 bits per heavy atom. The van der Waals surface area contributed by atoms with E-state index in [-0.39, 0.29) is 25.3 Å². The molecule has 7 nitrogen and oxygen atoms in total. The summed E-state index contributed by atoms with van der Waals surface area (Å²) in [6.07, 6.45) is -0.0970. The molecule has 1 unspecified atom stereocenters. The Kier molecular flexibility index (Phi) is 3.01. The van der Waals surface area contributed by atoms with Crippen molar-refractivity contribution in [3.8, 4) is 0 Å². The molecule has 2 amide bonds. The van der Waals surface area contributed by atoms with Gasteiger partial charge in [0.05, 0.1) is 6.10 Å². The van der Waals surface area contributed by atoms with Crippen LogP contribution in [0.25, 0.3) is 0 Å². The number of hydrogen-bond donors (Lipinski definition) is 3. The van der Waals surface area contributed by atoms with Crippen LogP contribution in [0.3, 0.4) is 0 Å². The SMILES string of the molecule is O=C1CCC(C(=O)N2C[C@H](O)C[C@H]2C(=O)O)N1. The van der Waals surface area contributed by atoms with Gasteiger partial charge in [0.15, 0.2) is 0 Å². The van der Waals surface area contributed by atoms with Crippen molar-refractivity contribution in [1.29, 1.82) is 0 Å². The number of carboxylic acids is 1. The van der Waals surface area contributed by atoms with Crippen LogP contribution < -0.4 is 5.32 Å². The van der Waals surface area contributed by atoms with Gasteiger partial charge in [-0.25, -0.2) is 4.79 Å². The molecule has 0 radical (unpaired) electrons. The minimum Gasteiger partial charge on any atom is -0.480 e. The van der Waals surface area contributed by atoms with Gasteiger partial charge in [-0.1, -0.05) is 0 Å². The second-order valence-corrected chi connectivity index (χ2v) is 4.39. The molecule has 2 rings (SSSR count). The number of aliphatic hydroxyl groups is 1. The highest BCUT2D eigenvalue weighted by Gasteiger charge is 2.42. The smallest absolute Gasteiger partial charge is 0.326 e. The molecule has 2 saturated heterocycles. The first-order chi connectivity index (χ1) is 7.99. The number of carbonyl (C=O) groups is 3. The summed E-state index contributed by atoms with van der Waals surface area (Å²) in [5.74, 6) is -1.74. The fraction of sp³-hybridized carbons (Fsp3) is 0.700. The molecule has 2 aliphatic heterocycles. The zero-order valence-corrected chi connectivity index (χ0v) is 9.13. The fourth-order valence-corrected chi connectivity index (χ4v) is 2.29. The Hall–Kier alpha value is -1.63. The molecule has 0 spiro atoms. The summed E-state index contributed by atoms with van der Waals surface area (Å²) in [4.78, 5) is 35.1. The Morgan fingerprint density at radius 2 is 2.12 bits per heavy atom. The predicted molar refractivity (Wildman–Crippen MR) is 54.9 cm³/mol. The summed E-state index contributed by atoms with van der Waals surface area (Å²) in [6.45, 7) is 0.0160. The van der Waals surface area contributed by atoms with Crippen LogP contribution in [0, 0.1) is 0 Å². The summed E-state index contributed by atoms with van der Waals surface area (Å²) < 4.78 is 0. The lowest BCUT2D eigenvalue weighted by atomic mass is 10.1. The van der Waals surface area contributed by atoms with E-state index in [9.17, 15) is 19.5 Å². The molecule has 0 saturated carbocycles. The predicted octanol–water partition coefficient (Wildman–Crippen LogP) is -1.69. The van der Waals surface area contributed by atoms with E-state index in [1.54, 1.807) is 0 Å². The van der Waals surface area contributed by atoms with Crippen molar-refractivity contribution in [3.63, 3.8) is 0 Å². The third-order valence-corrected chi connectivity index (χ3v) is 3.14. The first-order valence-corrected chi connectivity index (χ1v) is 5.49. The molecule has 7 heteroatoms. The van der Waals surface area contributed by atoms with Gasteiger partial charge in [-0.15, -0.1) is 0 Å². The molecule has 2 aliphatic rings. The second kappa shape index (κ2) is 4.33. The third kappa shape index (κ3) is 2.23. The van der Waals surface area contributed by atoms with Crippen molar-refractivity contribution in [3.05, 3.63) is 0 Å². The standard InChI is InChI=1S/C10H14N2O5/c13-5-3-7(10(16)17)12(4-5)9(15)6-1-2-8(14)11-6/h5-7,13H,1-4H2,(H,11,14)(H,16,17)/t5-,6?,7+/m1/s1. The number of carbonyl (C=O) groups excluding carboxylic acids is 2. The van der Waals surface area contributed by atoms with E-state index < -0.39 is 30.1 Å². The lowest BCUT2D eigenvalue weighted by Gasteiger charge is -2.24. The molecule has 94 valence electrons. The monoisotopic (exact) mass is 242 g/mol. The number of aliphatic carboxylic acids is 1. The Labute approximate surface area is 97.4 Å². The van der Waals surface area contributed by atoms with E-state index in [1.807, 2.05) is 0 Å². The second-order valence-electron chi connectivity index (χ2n) is 4.39. The van der Waals surface area contributed by atoms with Crippen LogP contribution in [-0.4, -0.2) is 57.6 Å². The van der Waals surface area contributed by atoms with Crippen molar-refractivity contribution < 1.29 is 24.6 Å². The number of aliphatic hydroxyl groups excluding tert-OH is 1. The topological polar surface area (TPSA) is 107 Å². The van der Waals surface area contributed by atoms with Crippen molar-refractivity contribution in [2.75, 3.05) is 6.54 Å². The van der Waals surface area contributed by atoms with E-state index in [1.165, 1.54) is 0 Å². The summed E-state index contributed by atoms with van der Waals surface area (Å²) in [5.41, 5.74) is 0. The summed E-state index contributed by atoms with van der Waals surface area (Å²) in [7, 11) is 0. The molecule has 0 aliphatic carbocycles. The van der Waals surface area contributed by atoms with Gasteiger partial charge in [0.2, 0.25) is 11.8 Å². The highest BCUT2D eigenvalue weighted by Crippen LogP contribution is 2.21. The van der Waals surface area contributed by atoms with Gasteiger partial charge in [-0.05, 0) is 6.42 Å². The van der Waals surface area contributed by atoms with Gasteiger partial charge in [-0.2, -0.15) is 0 Å². The van der Waals surface area contributed by atoms with Gasteiger partial charge in [0, 0.05) is 19.4 Å². The molecule has 0 aromatic rings. The highest BCUT2D eigenvalue weighted by atomic mass is 16.4. The number of rotatable bonds is 2. The molecule has 3 N–H and O–H groups in total. The van der Waals surface area contributed by atoms with Gasteiger partial charge < -0.3 is 20.4 Å². The molecule has 0 bridgehead atoms. The van der Waals surface area contributed by atoms with Crippen molar-refractivity contribution in [2.45, 2.75) is 37.5 Å². The maximum atomic E-state index is 12.0. The number of hydrogen-bond acceptors (Lipinski definition) is 4. The molecule has 0 aromatic carbocycles. The Balaban J connectivity index is 2.07. The maximum absolute atomic E-state index is 12.0. The highest BCUT2D eigenvalue weighted by molar-refractivity contribution is 5.93. The van der Waals surface area contributed by atoms with E-state index >= 15 is 0 Å². The van der Waals surface area contributed by atoms with Crippen LogP contribution in [0.5, 0.6) is 0 Å². The zero-order valence-electron chi connectivity index (χ0n) is 9.13. The molecule has 0 aromatic heterocycles. The van der Waals surface area contributed by atoms with Crippen molar-refractivity contribution >= 4 is 17.8 Å². The fourth-order valence-electron chi connectivity index (χ4n) is 2.29. The first-order valence-electron chi connectivity index (χ1n) is 5.49. The summed E-state index contributed by atoms with van der Waals surface area (Å²) in [5, 5.41) is 20.9. The lowest BCUT2D eigenvalue weighted by Crippen LogP contribution is -2.49. The van der Waals surface area contributed by atoms with E-state index in [4.69, 9.17) is 5.11 Å². The van der Waals surface area contributed by atoms with Gasteiger partial charge in [0.25, 0.3) is 0 Å². The van der Waals surface area contributed by atoms with Gasteiger partial charge in [0.1, 0.15) is 12.1 Å². The third-order valence-electron chi connectivity index (χ3n) is 3.14. The summed E-state index contributed by atoms with van der Waals surface area (Å²) in [6, 6.07) is -1.63. The quantitative estimate of drug-likeness (QED) is 0.535. The first kappa shape index (κ1) is 11.8. The molecule has 2 heterocycles. The number of carboxylic acid groups (broad SMARTS) is 1. The average Bonchev–Trinajstić information content (AvgIpc) is 2.83. The van der Waals surface area contributed by atoms with Crippen LogP contribution >= 0.6 is 0 Å². The lowest BCUT2D eigenvalue weighted by molar-refractivity contribution is -0.149. The normalized spacial score (nSPS) is 32.6. The Morgan fingerprint density at radius 1 is 1.41 bits per heavy atom. The number of likely N-dealkylation sites (tertiary alicyclic amines) is 1. The van der Waals surface area contributed by atoms with Crippen LogP contribution in [-0.2, 0) is 14.4 Å². The number of amides is 2. The molecular weight excluding hydrogens is 228 g/mol. The number of β-amino-alcohol motifs (C(OH)–C–C–N with tert-alkyl or cyclic N) is 1. The minimum absolute atomic E-state index is 0.0160. The maximum Gasteiger partial charge on any atom is 0.326 e. The largest absolute Gasteiger partial charge is 0.480 e. The summed E-state index contributed by atoms with van der Waals surface area (Å²) >= 11 is 0. The van der Waals surface area contributed by atoms with E-state index in [0.29, 0.717) is 6.42 Å². The molecule has 17 heavy (non-hydrogen) atoms. The van der Waals surface area contributed by atoms with Crippen LogP contribution in [0.1, 0.15) is 19.3 Å². The minimum atomic E-state index is -1.13. The molecule has 2 fully saturated rings. The van der Waals surface area contributed by atoms with Crippen LogP contribution in [0.15, 0.2) is 0 Å².